The molecule has 110 valence electrons. The van der Waals surface area contributed by atoms with Gasteiger partial charge in [-0.1, -0.05) is 13.8 Å². The van der Waals surface area contributed by atoms with Crippen molar-refractivity contribution in [1.29, 1.82) is 0 Å². The van der Waals surface area contributed by atoms with Crippen molar-refractivity contribution in [3.63, 3.8) is 0 Å². The highest BCUT2D eigenvalue weighted by atomic mass is 19.1. The highest BCUT2D eigenvalue weighted by molar-refractivity contribution is 5.39. The molecule has 2 N–H and O–H groups in total. The first-order valence-electron chi connectivity index (χ1n) is 7.73. The zero-order valence-corrected chi connectivity index (χ0v) is 12.4. The average molecular weight is 277 g/mol. The van der Waals surface area contributed by atoms with Crippen LogP contribution in [0, 0.1) is 17.7 Å². The average Bonchev–Trinajstić information content (AvgIpc) is 2.40. The zero-order chi connectivity index (χ0) is 14.3. The third kappa shape index (κ3) is 2.44. The van der Waals surface area contributed by atoms with Crippen molar-refractivity contribution in [3.05, 3.63) is 29.6 Å². The van der Waals surface area contributed by atoms with Crippen molar-refractivity contribution in [2.24, 2.45) is 17.6 Å². The summed E-state index contributed by atoms with van der Waals surface area (Å²) in [4.78, 5) is 0. The number of ether oxygens (including phenoxy) is 1. The van der Waals surface area contributed by atoms with Gasteiger partial charge in [0.15, 0.2) is 0 Å². The molecule has 1 aromatic rings. The molecular weight excluding hydrogens is 253 g/mol. The lowest BCUT2D eigenvalue weighted by Crippen LogP contribution is -2.46. The van der Waals surface area contributed by atoms with E-state index >= 15 is 0 Å². The monoisotopic (exact) mass is 277 g/mol. The van der Waals surface area contributed by atoms with E-state index in [0.29, 0.717) is 0 Å². The molecule has 1 fully saturated rings. The Morgan fingerprint density at radius 2 is 2.00 bits per heavy atom. The van der Waals surface area contributed by atoms with Crippen LogP contribution in [0.3, 0.4) is 0 Å². The second-order valence-electron chi connectivity index (χ2n) is 6.86. The van der Waals surface area contributed by atoms with E-state index in [1.165, 1.54) is 25.0 Å². The van der Waals surface area contributed by atoms with Gasteiger partial charge in [-0.15, -0.1) is 0 Å². The minimum Gasteiger partial charge on any atom is -0.487 e. The lowest BCUT2D eigenvalue weighted by Gasteiger charge is -2.46. The Morgan fingerprint density at radius 3 is 2.65 bits per heavy atom. The number of benzene rings is 1. The van der Waals surface area contributed by atoms with Gasteiger partial charge in [0.25, 0.3) is 0 Å². The minimum absolute atomic E-state index is 0.106. The largest absolute Gasteiger partial charge is 0.487 e. The molecule has 0 radical (unpaired) electrons. The molecule has 1 heterocycles. The highest BCUT2D eigenvalue weighted by Crippen LogP contribution is 2.47. The predicted molar refractivity (Wildman–Crippen MR) is 78.1 cm³/mol. The van der Waals surface area contributed by atoms with Crippen LogP contribution in [0.1, 0.15) is 57.6 Å². The maximum absolute atomic E-state index is 13.3. The topological polar surface area (TPSA) is 35.2 Å². The Morgan fingerprint density at radius 1 is 1.30 bits per heavy atom. The van der Waals surface area contributed by atoms with E-state index in [0.717, 1.165) is 42.4 Å². The van der Waals surface area contributed by atoms with E-state index in [1.807, 2.05) is 0 Å². The molecule has 1 saturated carbocycles. The van der Waals surface area contributed by atoms with Gasteiger partial charge in [-0.2, -0.15) is 0 Å². The van der Waals surface area contributed by atoms with E-state index in [9.17, 15) is 4.39 Å². The second-order valence-corrected chi connectivity index (χ2v) is 6.86. The van der Waals surface area contributed by atoms with Crippen molar-refractivity contribution >= 4 is 0 Å². The summed E-state index contributed by atoms with van der Waals surface area (Å²) in [5.41, 5.74) is 6.97. The van der Waals surface area contributed by atoms with Crippen molar-refractivity contribution in [1.82, 2.24) is 0 Å². The molecule has 0 saturated heterocycles. The van der Waals surface area contributed by atoms with Crippen LogP contribution < -0.4 is 10.5 Å². The summed E-state index contributed by atoms with van der Waals surface area (Å²) in [5.74, 6) is 2.09. The summed E-state index contributed by atoms with van der Waals surface area (Å²) in [5, 5.41) is 0. The van der Waals surface area contributed by atoms with Crippen molar-refractivity contribution in [3.8, 4) is 5.75 Å². The van der Waals surface area contributed by atoms with Crippen LogP contribution in [-0.4, -0.2) is 5.60 Å². The van der Waals surface area contributed by atoms with E-state index in [4.69, 9.17) is 10.5 Å². The molecule has 1 spiro atoms. The summed E-state index contributed by atoms with van der Waals surface area (Å²) in [7, 11) is 0. The first-order valence-corrected chi connectivity index (χ1v) is 7.73. The summed E-state index contributed by atoms with van der Waals surface area (Å²) < 4.78 is 19.6. The fourth-order valence-corrected chi connectivity index (χ4v) is 3.83. The van der Waals surface area contributed by atoms with Crippen LogP contribution in [0.5, 0.6) is 5.75 Å². The Bertz CT molecular complexity index is 492. The normalized spacial score (nSPS) is 33.0. The van der Waals surface area contributed by atoms with Gasteiger partial charge >= 0.3 is 0 Å². The number of hydrogen-bond acceptors (Lipinski definition) is 2. The number of fused-ring (bicyclic) bond motifs is 1. The van der Waals surface area contributed by atoms with Crippen molar-refractivity contribution in [2.45, 2.75) is 57.6 Å². The van der Waals surface area contributed by atoms with Crippen LogP contribution >= 0.6 is 0 Å². The van der Waals surface area contributed by atoms with Gasteiger partial charge in [0.2, 0.25) is 0 Å². The standard InChI is InChI=1S/C17H24FNO/c1-11(2)12-5-7-17(8-6-12)10-15(19)14-9-13(18)3-4-16(14)20-17/h3-4,9,11-12,15H,5-8,10,19H2,1-2H3. The Balaban J connectivity index is 1.80. The van der Waals surface area contributed by atoms with E-state index in [-0.39, 0.29) is 17.5 Å². The number of hydrogen-bond donors (Lipinski definition) is 1. The molecule has 0 bridgehead atoms. The van der Waals surface area contributed by atoms with Gasteiger partial charge < -0.3 is 10.5 Å². The highest BCUT2D eigenvalue weighted by Gasteiger charge is 2.43. The number of nitrogens with two attached hydrogens (primary N) is 1. The maximum Gasteiger partial charge on any atom is 0.125 e. The molecule has 3 heteroatoms. The summed E-state index contributed by atoms with van der Waals surface area (Å²) in [6.07, 6.45) is 5.37. The fraction of sp³-hybridized carbons (Fsp3) is 0.647. The fourth-order valence-electron chi connectivity index (χ4n) is 3.83. The molecule has 0 aromatic heterocycles. The minimum atomic E-state index is -0.234. The molecule has 1 aromatic carbocycles. The van der Waals surface area contributed by atoms with E-state index in [2.05, 4.69) is 13.8 Å². The predicted octanol–water partition coefficient (Wildman–Crippen LogP) is 4.19. The summed E-state index contributed by atoms with van der Waals surface area (Å²) >= 11 is 0. The van der Waals surface area contributed by atoms with Crippen LogP contribution in [0.4, 0.5) is 4.39 Å². The van der Waals surface area contributed by atoms with Crippen LogP contribution in [-0.2, 0) is 0 Å². The van der Waals surface area contributed by atoms with Crippen LogP contribution in [0.2, 0.25) is 0 Å². The summed E-state index contributed by atoms with van der Waals surface area (Å²) in [6, 6.07) is 4.61. The van der Waals surface area contributed by atoms with Crippen LogP contribution in [0.25, 0.3) is 0 Å². The SMILES string of the molecule is CC(C)C1CCC2(CC1)CC(N)c1cc(F)ccc1O2. The lowest BCUT2D eigenvalue weighted by atomic mass is 9.71. The molecule has 20 heavy (non-hydrogen) atoms. The molecular formula is C17H24FNO. The Kier molecular flexibility index (Phi) is 3.49. The van der Waals surface area contributed by atoms with Gasteiger partial charge in [-0.05, 0) is 55.7 Å². The molecule has 1 aliphatic carbocycles. The second kappa shape index (κ2) is 5.03. The molecule has 1 atom stereocenters. The smallest absolute Gasteiger partial charge is 0.125 e. The maximum atomic E-state index is 13.3. The lowest BCUT2D eigenvalue weighted by molar-refractivity contribution is -0.0161. The summed E-state index contributed by atoms with van der Waals surface area (Å²) in [6.45, 7) is 4.60. The third-order valence-electron chi connectivity index (χ3n) is 5.17. The molecule has 3 rings (SSSR count). The first kappa shape index (κ1) is 13.9. The molecule has 1 unspecified atom stereocenters. The quantitative estimate of drug-likeness (QED) is 0.835. The van der Waals surface area contributed by atoms with Gasteiger partial charge in [-0.3, -0.25) is 0 Å². The number of rotatable bonds is 1. The van der Waals surface area contributed by atoms with Gasteiger partial charge in [-0.25, -0.2) is 4.39 Å². The van der Waals surface area contributed by atoms with E-state index in [1.54, 1.807) is 6.07 Å². The van der Waals surface area contributed by atoms with Crippen molar-refractivity contribution in [2.75, 3.05) is 0 Å². The van der Waals surface area contributed by atoms with Crippen molar-refractivity contribution < 1.29 is 9.13 Å². The zero-order valence-electron chi connectivity index (χ0n) is 12.4. The Labute approximate surface area is 120 Å². The molecule has 1 aliphatic heterocycles. The third-order valence-corrected chi connectivity index (χ3v) is 5.17. The molecule has 0 amide bonds. The molecule has 2 nitrogen and oxygen atoms in total. The number of halogens is 1. The van der Waals surface area contributed by atoms with Gasteiger partial charge in [0.1, 0.15) is 17.2 Å². The van der Waals surface area contributed by atoms with Gasteiger partial charge in [0.05, 0.1) is 0 Å². The molecule has 2 aliphatic rings. The van der Waals surface area contributed by atoms with Gasteiger partial charge in [0, 0.05) is 18.0 Å². The van der Waals surface area contributed by atoms with Crippen LogP contribution in [0.15, 0.2) is 18.2 Å². The van der Waals surface area contributed by atoms with E-state index < -0.39 is 0 Å². The Hall–Kier alpha value is -1.09. The first-order chi connectivity index (χ1) is 9.49.